The van der Waals surface area contributed by atoms with E-state index in [-0.39, 0.29) is 24.1 Å². The first-order valence-corrected chi connectivity index (χ1v) is 8.56. The average Bonchev–Trinajstić information content (AvgIpc) is 3.24. The lowest BCUT2D eigenvalue weighted by molar-refractivity contribution is -0.136. The van der Waals surface area contributed by atoms with Gasteiger partial charge in [-0.1, -0.05) is 12.1 Å². The minimum absolute atomic E-state index is 0.0997. The van der Waals surface area contributed by atoms with Crippen molar-refractivity contribution < 1.29 is 14.4 Å². The number of rotatable bonds is 4. The van der Waals surface area contributed by atoms with Crippen molar-refractivity contribution in [2.24, 2.45) is 11.7 Å². The number of fused-ring (bicyclic) bond motifs is 1. The monoisotopic (exact) mass is 327 g/mol. The summed E-state index contributed by atoms with van der Waals surface area (Å²) in [6.45, 7) is 1.15. The Balaban J connectivity index is 1.59. The second kappa shape index (κ2) is 5.70. The number of benzene rings is 1. The van der Waals surface area contributed by atoms with Gasteiger partial charge < -0.3 is 10.6 Å². The number of piperidine rings is 1. The lowest BCUT2D eigenvalue weighted by atomic mass is 9.98. The molecular formula is C18H21N3O3. The number of hydrogen-bond acceptors (Lipinski definition) is 4. The molecule has 2 fully saturated rings. The minimum Gasteiger partial charge on any atom is -0.330 e. The molecule has 24 heavy (non-hydrogen) atoms. The summed E-state index contributed by atoms with van der Waals surface area (Å²) in [5, 5.41) is 2.34. The smallest absolute Gasteiger partial charge is 0.255 e. The third kappa shape index (κ3) is 2.41. The van der Waals surface area contributed by atoms with Crippen LogP contribution in [-0.2, 0) is 16.1 Å². The molecule has 4 rings (SSSR count). The fourth-order valence-electron chi connectivity index (χ4n) is 4.12. The van der Waals surface area contributed by atoms with Gasteiger partial charge in [0.1, 0.15) is 6.04 Å². The van der Waals surface area contributed by atoms with Crippen molar-refractivity contribution in [2.45, 2.75) is 44.2 Å². The van der Waals surface area contributed by atoms with E-state index in [9.17, 15) is 14.4 Å². The van der Waals surface area contributed by atoms with Crippen LogP contribution in [0.3, 0.4) is 0 Å². The second-order valence-electron chi connectivity index (χ2n) is 6.95. The van der Waals surface area contributed by atoms with Crippen molar-refractivity contribution in [3.8, 4) is 0 Å². The summed E-state index contributed by atoms with van der Waals surface area (Å²) in [5.74, 6) is 0.377. The molecule has 1 unspecified atom stereocenters. The first kappa shape index (κ1) is 15.3. The Hall–Kier alpha value is -2.21. The molecule has 3 aliphatic rings. The third-order valence-electron chi connectivity index (χ3n) is 5.48. The van der Waals surface area contributed by atoms with Gasteiger partial charge in [0.05, 0.1) is 0 Å². The molecule has 3 amide bonds. The van der Waals surface area contributed by atoms with Crippen LogP contribution in [-0.4, -0.2) is 35.2 Å². The highest BCUT2D eigenvalue weighted by atomic mass is 16.2. The van der Waals surface area contributed by atoms with E-state index in [4.69, 9.17) is 5.73 Å². The van der Waals surface area contributed by atoms with Crippen molar-refractivity contribution in [2.75, 3.05) is 6.54 Å². The normalized spacial score (nSPS) is 28.8. The molecule has 1 aliphatic carbocycles. The van der Waals surface area contributed by atoms with E-state index in [1.807, 2.05) is 12.1 Å². The van der Waals surface area contributed by atoms with Crippen molar-refractivity contribution in [1.82, 2.24) is 10.2 Å². The van der Waals surface area contributed by atoms with E-state index >= 15 is 0 Å². The van der Waals surface area contributed by atoms with Gasteiger partial charge in [-0.15, -0.1) is 0 Å². The number of nitrogens with two attached hydrogens (primary N) is 1. The first-order chi connectivity index (χ1) is 11.6. The number of nitrogens with zero attached hydrogens (tertiary/aromatic N) is 1. The van der Waals surface area contributed by atoms with E-state index in [1.165, 1.54) is 5.56 Å². The number of carbonyl (C=O) groups excluding carboxylic acids is 3. The maximum Gasteiger partial charge on any atom is 0.255 e. The zero-order valence-electron chi connectivity index (χ0n) is 13.5. The lowest BCUT2D eigenvalue weighted by Gasteiger charge is -2.29. The number of nitrogens with one attached hydrogen (secondary N) is 1. The number of hydrogen-bond donors (Lipinski definition) is 2. The van der Waals surface area contributed by atoms with Gasteiger partial charge in [-0.05, 0) is 54.8 Å². The van der Waals surface area contributed by atoms with Crippen LogP contribution in [0.5, 0.6) is 0 Å². The topological polar surface area (TPSA) is 92.5 Å². The number of amides is 3. The molecule has 3 N–H and O–H groups in total. The Morgan fingerprint density at radius 1 is 1.25 bits per heavy atom. The highest BCUT2D eigenvalue weighted by Gasteiger charge is 2.44. The highest BCUT2D eigenvalue weighted by Crippen LogP contribution is 2.51. The fraction of sp³-hybridized carbons (Fsp3) is 0.500. The molecule has 3 atom stereocenters. The van der Waals surface area contributed by atoms with E-state index in [2.05, 4.69) is 11.4 Å². The molecule has 0 radical (unpaired) electrons. The Labute approximate surface area is 140 Å². The predicted molar refractivity (Wildman–Crippen MR) is 87.0 cm³/mol. The number of imide groups is 1. The zero-order valence-corrected chi connectivity index (χ0v) is 13.5. The summed E-state index contributed by atoms with van der Waals surface area (Å²) < 4.78 is 0. The van der Waals surface area contributed by atoms with E-state index in [1.54, 1.807) is 4.90 Å². The SMILES string of the molecule is NCC[C@@H]1C[C@H]1c1cccc2c1CN(C1CCC(=O)NC1=O)C2=O. The van der Waals surface area contributed by atoms with Crippen LogP contribution in [0.25, 0.3) is 0 Å². The number of carbonyl (C=O) groups is 3. The van der Waals surface area contributed by atoms with Gasteiger partial charge in [0.25, 0.3) is 5.91 Å². The molecule has 1 saturated heterocycles. The first-order valence-electron chi connectivity index (χ1n) is 8.56. The largest absolute Gasteiger partial charge is 0.330 e. The minimum atomic E-state index is -0.547. The summed E-state index contributed by atoms with van der Waals surface area (Å²) in [6.07, 6.45) is 2.82. The lowest BCUT2D eigenvalue weighted by Crippen LogP contribution is -2.52. The van der Waals surface area contributed by atoms with Crippen molar-refractivity contribution in [3.63, 3.8) is 0 Å². The maximum absolute atomic E-state index is 12.8. The van der Waals surface area contributed by atoms with Gasteiger partial charge in [0.15, 0.2) is 0 Å². The summed E-state index contributed by atoms with van der Waals surface area (Å²) in [6, 6.07) is 5.32. The van der Waals surface area contributed by atoms with Crippen LogP contribution in [0.15, 0.2) is 18.2 Å². The van der Waals surface area contributed by atoms with Crippen LogP contribution in [0.2, 0.25) is 0 Å². The van der Waals surface area contributed by atoms with Gasteiger partial charge in [-0.25, -0.2) is 0 Å². The molecule has 2 aliphatic heterocycles. The molecule has 1 aromatic carbocycles. The van der Waals surface area contributed by atoms with Crippen molar-refractivity contribution in [3.05, 3.63) is 34.9 Å². The quantitative estimate of drug-likeness (QED) is 0.804. The molecule has 6 heteroatoms. The molecule has 1 saturated carbocycles. The van der Waals surface area contributed by atoms with Gasteiger partial charge >= 0.3 is 0 Å². The van der Waals surface area contributed by atoms with Crippen LogP contribution < -0.4 is 11.1 Å². The van der Waals surface area contributed by atoms with E-state index in [0.29, 0.717) is 36.9 Å². The molecular weight excluding hydrogens is 306 g/mol. The van der Waals surface area contributed by atoms with Crippen molar-refractivity contribution >= 4 is 17.7 Å². The molecule has 2 heterocycles. The van der Waals surface area contributed by atoms with Crippen LogP contribution in [0.4, 0.5) is 0 Å². The average molecular weight is 327 g/mol. The van der Waals surface area contributed by atoms with Gasteiger partial charge in [0.2, 0.25) is 11.8 Å². The molecule has 0 aromatic heterocycles. The molecule has 0 bridgehead atoms. The molecule has 0 spiro atoms. The van der Waals surface area contributed by atoms with E-state index in [0.717, 1.165) is 18.4 Å². The third-order valence-corrected chi connectivity index (χ3v) is 5.48. The Morgan fingerprint density at radius 3 is 2.83 bits per heavy atom. The summed E-state index contributed by atoms with van der Waals surface area (Å²) in [7, 11) is 0. The predicted octanol–water partition coefficient (Wildman–Crippen LogP) is 0.900. The van der Waals surface area contributed by atoms with Crippen molar-refractivity contribution in [1.29, 1.82) is 0 Å². The molecule has 6 nitrogen and oxygen atoms in total. The van der Waals surface area contributed by atoms with Gasteiger partial charge in [0, 0.05) is 18.5 Å². The summed E-state index contributed by atoms with van der Waals surface area (Å²) in [4.78, 5) is 37.8. The Kier molecular flexibility index (Phi) is 3.64. The Bertz CT molecular complexity index is 730. The zero-order chi connectivity index (χ0) is 16.8. The standard InChI is InChI=1S/C18H21N3O3/c19-7-6-10-8-13(10)11-2-1-3-12-14(11)9-21(18(12)24)15-4-5-16(22)20-17(15)23/h1-3,10,13,15H,4-9,19H2,(H,20,22,23)/t10-,13-,15?/m1/s1. The molecule has 126 valence electrons. The van der Waals surface area contributed by atoms with Crippen LogP contribution in [0.1, 0.15) is 53.1 Å². The van der Waals surface area contributed by atoms with Gasteiger partial charge in [-0.2, -0.15) is 0 Å². The Morgan fingerprint density at radius 2 is 2.08 bits per heavy atom. The van der Waals surface area contributed by atoms with Crippen LogP contribution in [0, 0.1) is 5.92 Å². The molecule has 1 aromatic rings. The maximum atomic E-state index is 12.8. The van der Waals surface area contributed by atoms with Crippen LogP contribution >= 0.6 is 0 Å². The fourth-order valence-corrected chi connectivity index (χ4v) is 4.12. The highest BCUT2D eigenvalue weighted by molar-refractivity contribution is 6.05. The summed E-state index contributed by atoms with van der Waals surface area (Å²) in [5.41, 5.74) is 8.64. The van der Waals surface area contributed by atoms with E-state index < -0.39 is 6.04 Å². The van der Waals surface area contributed by atoms with Gasteiger partial charge in [-0.3, -0.25) is 19.7 Å². The summed E-state index contributed by atoms with van der Waals surface area (Å²) >= 11 is 0. The second-order valence-corrected chi connectivity index (χ2v) is 6.95.